The summed E-state index contributed by atoms with van der Waals surface area (Å²) in [6.45, 7) is 0. The first-order valence-electron chi connectivity index (χ1n) is 7.92. The summed E-state index contributed by atoms with van der Waals surface area (Å²) in [6, 6.07) is 0. The third-order valence-electron chi connectivity index (χ3n) is 2.51. The van der Waals surface area contributed by atoms with Crippen LogP contribution in [0.25, 0.3) is 0 Å². The first kappa shape index (κ1) is 52.5. The molecule has 0 aromatic carbocycles. The molecule has 0 heterocycles. The van der Waals surface area contributed by atoms with E-state index >= 15 is 0 Å². The first-order valence-corrected chi connectivity index (χ1v) is 7.92. The van der Waals surface area contributed by atoms with Crippen LogP contribution in [0.1, 0.15) is 0 Å². The summed E-state index contributed by atoms with van der Waals surface area (Å²) in [5.41, 5.74) is 0. The Morgan fingerprint density at radius 2 is 0.476 bits per heavy atom. The molecule has 0 radical (unpaired) electrons. The Morgan fingerprint density at radius 3 is 0.548 bits per heavy atom. The third-order valence-corrected chi connectivity index (χ3v) is 2.51. The number of allylic oxidation sites excluding steroid dienone is 6. The zero-order valence-corrected chi connectivity index (χ0v) is 20.1. The van der Waals surface area contributed by atoms with Gasteiger partial charge in [-0.1, -0.05) is 0 Å². The van der Waals surface area contributed by atoms with E-state index in [0.29, 0.717) is 0 Å². The van der Waals surface area contributed by atoms with E-state index in [4.69, 9.17) is 15.3 Å². The standard InChI is InChI=1S/3C5H2F6O2.2H2O.Yb/c3*6-4(7,8)2(12)1-3(13)5(9,10)11;;;/h3*1,12H;2*1H2;/b2*2-1+;2-1-;;;. The van der Waals surface area contributed by atoms with Crippen molar-refractivity contribution >= 4 is 17.3 Å². The number of carbonyl (C=O) groups is 3. The molecular weight excluding hydrogens is 823 g/mol. The van der Waals surface area contributed by atoms with E-state index in [1.54, 1.807) is 0 Å². The van der Waals surface area contributed by atoms with Crippen LogP contribution in [0.5, 0.6) is 0 Å². The number of hydrogen-bond donors (Lipinski definition) is 3. The predicted octanol–water partition coefficient (Wildman–Crippen LogP) is 4.72. The van der Waals surface area contributed by atoms with E-state index < -0.39 is 89.9 Å². The number of alkyl halides is 18. The van der Waals surface area contributed by atoms with Crippen LogP contribution in [0, 0.1) is 46.9 Å². The van der Waals surface area contributed by atoms with Gasteiger partial charge in [-0.2, -0.15) is 79.0 Å². The Hall–Kier alpha value is -2.19. The second-order valence-electron chi connectivity index (χ2n) is 5.67. The molecule has 0 aromatic rings. The Balaban J connectivity index is -0.000000112. The van der Waals surface area contributed by atoms with Crippen molar-refractivity contribution in [3.05, 3.63) is 35.5 Å². The van der Waals surface area contributed by atoms with Crippen LogP contribution in [0.15, 0.2) is 35.5 Å². The summed E-state index contributed by atoms with van der Waals surface area (Å²) in [7, 11) is 0. The molecule has 0 saturated heterocycles. The molecule has 0 rings (SSSR count). The van der Waals surface area contributed by atoms with Crippen molar-refractivity contribution in [1.82, 2.24) is 0 Å². The van der Waals surface area contributed by atoms with Crippen molar-refractivity contribution in [2.45, 2.75) is 37.1 Å². The Labute approximate surface area is 255 Å². The smallest absolute Gasteiger partial charge is 0.454 e. The molecule has 0 unspecified atom stereocenters. The number of halogens is 18. The maximum absolute atomic E-state index is 11.4. The van der Waals surface area contributed by atoms with Crippen LogP contribution >= 0.6 is 0 Å². The van der Waals surface area contributed by atoms with Crippen LogP contribution < -0.4 is 0 Å². The van der Waals surface area contributed by atoms with Crippen molar-refractivity contribution in [3.8, 4) is 0 Å². The van der Waals surface area contributed by atoms with Gasteiger partial charge in [0.1, 0.15) is 0 Å². The van der Waals surface area contributed by atoms with Crippen LogP contribution in [0.3, 0.4) is 0 Å². The number of rotatable bonds is 3. The Kier molecular flexibility index (Phi) is 23.1. The van der Waals surface area contributed by atoms with E-state index in [1.165, 1.54) is 0 Å². The molecule has 0 spiro atoms. The molecule has 0 saturated carbocycles. The molecular formula is C15H10F18O8Yb. The Morgan fingerprint density at radius 1 is 0.357 bits per heavy atom. The van der Waals surface area contributed by atoms with Gasteiger partial charge in [0.15, 0.2) is 0 Å². The van der Waals surface area contributed by atoms with E-state index in [9.17, 15) is 93.4 Å². The quantitative estimate of drug-likeness (QED) is 0.211. The van der Waals surface area contributed by atoms with Gasteiger partial charge in [-0.25, -0.2) is 0 Å². The molecule has 0 bridgehead atoms. The minimum Gasteiger partial charge on any atom is -0.504 e. The third kappa shape index (κ3) is 24.4. The molecule has 0 amide bonds. The van der Waals surface area contributed by atoms with Crippen LogP contribution in [0.2, 0.25) is 0 Å². The van der Waals surface area contributed by atoms with Crippen molar-refractivity contribution in [2.75, 3.05) is 0 Å². The fourth-order valence-electron chi connectivity index (χ4n) is 0.864. The monoisotopic (exact) mass is 834 g/mol. The molecule has 7 N–H and O–H groups in total. The second kappa shape index (κ2) is 18.5. The number of carbonyl (C=O) groups excluding carboxylic acids is 3. The van der Waals surface area contributed by atoms with Crippen LogP contribution in [0.4, 0.5) is 79.0 Å². The van der Waals surface area contributed by atoms with Crippen molar-refractivity contribution in [1.29, 1.82) is 0 Å². The van der Waals surface area contributed by atoms with Gasteiger partial charge in [-0.3, -0.25) is 14.4 Å². The van der Waals surface area contributed by atoms with Gasteiger partial charge in [-0.05, 0) is 0 Å². The normalized spacial score (nSPS) is 13.4. The molecule has 0 atom stereocenters. The number of aliphatic hydroxyl groups excluding tert-OH is 3. The molecule has 0 aliphatic heterocycles. The summed E-state index contributed by atoms with van der Waals surface area (Å²) in [6.07, 6.45) is -35.0. The van der Waals surface area contributed by atoms with Crippen molar-refractivity contribution in [2.24, 2.45) is 0 Å². The summed E-state index contributed by atoms with van der Waals surface area (Å²) in [5, 5.41) is 23.8. The predicted molar refractivity (Wildman–Crippen MR) is 90.7 cm³/mol. The number of ketones is 3. The van der Waals surface area contributed by atoms with Gasteiger partial charge in [0.05, 0.1) is 0 Å². The first-order chi connectivity index (χ1) is 16.6. The summed E-state index contributed by atoms with van der Waals surface area (Å²) < 4.78 is 204. The van der Waals surface area contributed by atoms with Gasteiger partial charge in [0, 0.05) is 65.2 Å². The van der Waals surface area contributed by atoms with E-state index in [1.807, 2.05) is 0 Å². The molecule has 0 aromatic heterocycles. The molecule has 0 fully saturated rings. The number of hydrogen-bond acceptors (Lipinski definition) is 6. The summed E-state index contributed by atoms with van der Waals surface area (Å²) in [5.74, 6) is -16.0. The average molecular weight is 833 g/mol. The van der Waals surface area contributed by atoms with Gasteiger partial charge in [-0.15, -0.1) is 0 Å². The minimum atomic E-state index is -5.42. The SMILES string of the molecule is O.O.O=C(/C=C(/O)C(F)(F)F)C(F)(F)F.O=C(/C=C(/O)C(F)(F)F)C(F)(F)F.O=C(/C=C(\O)C(F)(F)F)C(F)(F)F.[Yb]. The van der Waals surface area contributed by atoms with Gasteiger partial charge in [0.2, 0.25) is 17.3 Å². The molecule has 0 aliphatic carbocycles. The average Bonchev–Trinajstić information content (AvgIpc) is 2.64. The molecule has 258 valence electrons. The molecule has 42 heavy (non-hydrogen) atoms. The molecule has 8 nitrogen and oxygen atoms in total. The Bertz CT molecular complexity index is 839. The van der Waals surface area contributed by atoms with Crippen LogP contribution in [-0.4, -0.2) is 80.7 Å². The van der Waals surface area contributed by atoms with Gasteiger partial charge < -0.3 is 26.3 Å². The molecule has 0 aliphatic rings. The van der Waals surface area contributed by atoms with Crippen LogP contribution in [-0.2, 0) is 14.4 Å². The summed E-state index contributed by atoms with van der Waals surface area (Å²) >= 11 is 0. The topological polar surface area (TPSA) is 175 Å². The van der Waals surface area contributed by atoms with Crippen molar-refractivity contribution < 1.29 is 167 Å². The second-order valence-corrected chi connectivity index (χ2v) is 5.67. The van der Waals surface area contributed by atoms with Gasteiger partial charge >= 0.3 is 37.1 Å². The van der Waals surface area contributed by atoms with Crippen molar-refractivity contribution in [3.63, 3.8) is 0 Å². The maximum Gasteiger partial charge on any atom is 0.454 e. The van der Waals surface area contributed by atoms with E-state index in [0.717, 1.165) is 0 Å². The fraction of sp³-hybridized carbons (Fsp3) is 0.400. The van der Waals surface area contributed by atoms with E-state index in [-0.39, 0.29) is 57.9 Å². The number of aliphatic hydroxyl groups is 3. The van der Waals surface area contributed by atoms with E-state index in [2.05, 4.69) is 0 Å². The van der Waals surface area contributed by atoms with Gasteiger partial charge in [0.25, 0.3) is 17.3 Å². The molecule has 27 heteroatoms. The minimum absolute atomic E-state index is 0. The maximum atomic E-state index is 11.4. The zero-order valence-electron chi connectivity index (χ0n) is 18.4. The summed E-state index contributed by atoms with van der Waals surface area (Å²) in [4.78, 5) is 29.6. The fourth-order valence-corrected chi connectivity index (χ4v) is 0.864. The zero-order chi connectivity index (χ0) is 32.6. The largest absolute Gasteiger partial charge is 0.504 e.